The molecule has 3 aromatic rings. The Morgan fingerprint density at radius 1 is 1.00 bits per heavy atom. The summed E-state index contributed by atoms with van der Waals surface area (Å²) in [5.41, 5.74) is 1.08. The first-order valence-corrected chi connectivity index (χ1v) is 9.28. The van der Waals surface area contributed by atoms with Crippen LogP contribution in [-0.2, 0) is 11.2 Å². The lowest BCUT2D eigenvalue weighted by Crippen LogP contribution is -2.15. The second-order valence-corrected chi connectivity index (χ2v) is 7.40. The van der Waals surface area contributed by atoms with Gasteiger partial charge in [-0.1, -0.05) is 58.0 Å². The molecule has 0 heterocycles. The van der Waals surface area contributed by atoms with E-state index in [4.69, 9.17) is 0 Å². The van der Waals surface area contributed by atoms with Gasteiger partial charge in [-0.05, 0) is 48.0 Å². The number of hydrogen-bond donors (Lipinski definition) is 1. The van der Waals surface area contributed by atoms with Gasteiger partial charge < -0.3 is 5.32 Å². The largest absolute Gasteiger partial charge is 0.325 e. The Labute approximate surface area is 158 Å². The number of hydrogen-bond acceptors (Lipinski definition) is 2. The second-order valence-electron chi connectivity index (χ2n) is 5.37. The molecule has 0 saturated carbocycles. The average Bonchev–Trinajstić information content (AvgIpc) is 2.61. The minimum absolute atomic E-state index is 0.0182. The van der Waals surface area contributed by atoms with E-state index in [9.17, 15) is 9.18 Å². The third-order valence-electron chi connectivity index (χ3n) is 3.49. The van der Waals surface area contributed by atoms with Gasteiger partial charge in [0.25, 0.3) is 0 Å². The highest BCUT2D eigenvalue weighted by Gasteiger charge is 2.11. The Hall–Kier alpha value is -2.11. The zero-order valence-corrected chi connectivity index (χ0v) is 15.6. The van der Waals surface area contributed by atoms with Gasteiger partial charge in [-0.2, -0.15) is 0 Å². The Bertz CT molecular complexity index is 886. The molecule has 0 bridgehead atoms. The quantitative estimate of drug-likeness (QED) is 0.560. The normalized spacial score (nSPS) is 10.5. The molecular weight excluding hydrogens is 401 g/mol. The van der Waals surface area contributed by atoms with Crippen LogP contribution in [0.3, 0.4) is 0 Å². The molecule has 126 valence electrons. The summed E-state index contributed by atoms with van der Waals surface area (Å²) in [7, 11) is 0. The molecule has 5 heteroatoms. The van der Waals surface area contributed by atoms with Crippen LogP contribution in [-0.4, -0.2) is 5.91 Å². The van der Waals surface area contributed by atoms with E-state index in [0.717, 1.165) is 20.0 Å². The summed E-state index contributed by atoms with van der Waals surface area (Å²) < 4.78 is 14.6. The van der Waals surface area contributed by atoms with Gasteiger partial charge in [0.2, 0.25) is 5.91 Å². The first-order chi connectivity index (χ1) is 12.1. The van der Waals surface area contributed by atoms with Crippen molar-refractivity contribution in [2.45, 2.75) is 16.2 Å². The van der Waals surface area contributed by atoms with Gasteiger partial charge in [-0.3, -0.25) is 4.79 Å². The maximum atomic E-state index is 13.8. The van der Waals surface area contributed by atoms with E-state index in [1.165, 1.54) is 6.07 Å². The molecule has 0 aliphatic carbocycles. The van der Waals surface area contributed by atoms with Gasteiger partial charge in [0.1, 0.15) is 5.82 Å². The van der Waals surface area contributed by atoms with Crippen LogP contribution in [0.2, 0.25) is 0 Å². The summed E-state index contributed by atoms with van der Waals surface area (Å²) >= 11 is 4.87. The fourth-order valence-electron chi connectivity index (χ4n) is 2.32. The molecule has 0 saturated heterocycles. The SMILES string of the molecule is O=C(Cc1cc(Br)ccc1F)Nc1ccccc1Sc1ccccc1. The zero-order chi connectivity index (χ0) is 17.6. The molecule has 0 radical (unpaired) electrons. The lowest BCUT2D eigenvalue weighted by Gasteiger charge is -2.11. The van der Waals surface area contributed by atoms with Crippen molar-refractivity contribution >= 4 is 39.3 Å². The van der Waals surface area contributed by atoms with Crippen LogP contribution in [0.4, 0.5) is 10.1 Å². The fourth-order valence-corrected chi connectivity index (χ4v) is 3.65. The predicted molar refractivity (Wildman–Crippen MR) is 103 cm³/mol. The number of halogens is 2. The average molecular weight is 416 g/mol. The first-order valence-electron chi connectivity index (χ1n) is 7.67. The number of benzene rings is 3. The first kappa shape index (κ1) is 17.7. The van der Waals surface area contributed by atoms with Crippen LogP contribution in [0.5, 0.6) is 0 Å². The number of rotatable bonds is 5. The molecule has 0 fully saturated rings. The van der Waals surface area contributed by atoms with Crippen LogP contribution >= 0.6 is 27.7 Å². The van der Waals surface area contributed by atoms with E-state index in [1.54, 1.807) is 23.9 Å². The number of nitrogens with one attached hydrogen (secondary N) is 1. The Morgan fingerprint density at radius 3 is 2.52 bits per heavy atom. The van der Waals surface area contributed by atoms with Crippen molar-refractivity contribution in [3.05, 3.63) is 88.6 Å². The molecule has 2 nitrogen and oxygen atoms in total. The van der Waals surface area contributed by atoms with Crippen molar-refractivity contribution in [1.29, 1.82) is 0 Å². The lowest BCUT2D eigenvalue weighted by molar-refractivity contribution is -0.115. The van der Waals surface area contributed by atoms with E-state index in [1.807, 2.05) is 54.6 Å². The zero-order valence-electron chi connectivity index (χ0n) is 13.2. The minimum atomic E-state index is -0.384. The standard InChI is InChI=1S/C20H15BrFNOS/c21-15-10-11-17(22)14(12-15)13-20(24)23-18-8-4-5-9-19(18)25-16-6-2-1-3-7-16/h1-12H,13H2,(H,23,24). The molecule has 0 aliphatic heterocycles. The minimum Gasteiger partial charge on any atom is -0.325 e. The van der Waals surface area contributed by atoms with Crippen molar-refractivity contribution in [3.63, 3.8) is 0 Å². The number of para-hydroxylation sites is 1. The van der Waals surface area contributed by atoms with Crippen molar-refractivity contribution < 1.29 is 9.18 Å². The van der Waals surface area contributed by atoms with E-state index in [0.29, 0.717) is 5.56 Å². The molecule has 0 aromatic heterocycles. The van der Waals surface area contributed by atoms with Crippen LogP contribution in [0.15, 0.2) is 87.1 Å². The van der Waals surface area contributed by atoms with Gasteiger partial charge in [0.05, 0.1) is 12.1 Å². The second kappa shape index (κ2) is 8.32. The fraction of sp³-hybridized carbons (Fsp3) is 0.0500. The van der Waals surface area contributed by atoms with Crippen LogP contribution in [0.1, 0.15) is 5.56 Å². The summed E-state index contributed by atoms with van der Waals surface area (Å²) in [5.74, 6) is -0.636. The lowest BCUT2D eigenvalue weighted by atomic mass is 10.1. The third-order valence-corrected chi connectivity index (χ3v) is 5.07. The van der Waals surface area contributed by atoms with Crippen molar-refractivity contribution in [1.82, 2.24) is 0 Å². The van der Waals surface area contributed by atoms with E-state index in [2.05, 4.69) is 21.2 Å². The molecule has 1 amide bonds. The molecule has 3 aromatic carbocycles. The molecule has 0 spiro atoms. The molecule has 1 N–H and O–H groups in total. The van der Waals surface area contributed by atoms with Crippen LogP contribution < -0.4 is 5.32 Å². The molecule has 0 unspecified atom stereocenters. The van der Waals surface area contributed by atoms with E-state index >= 15 is 0 Å². The van der Waals surface area contributed by atoms with Gasteiger partial charge in [-0.25, -0.2) is 4.39 Å². The maximum absolute atomic E-state index is 13.8. The summed E-state index contributed by atoms with van der Waals surface area (Å²) in [6.07, 6.45) is -0.0182. The molecule has 0 aliphatic rings. The third kappa shape index (κ3) is 4.94. The van der Waals surface area contributed by atoms with Crippen LogP contribution in [0.25, 0.3) is 0 Å². The number of carbonyl (C=O) groups excluding carboxylic acids is 1. The van der Waals surface area contributed by atoms with Gasteiger partial charge in [-0.15, -0.1) is 0 Å². The number of anilines is 1. The molecular formula is C20H15BrFNOS. The maximum Gasteiger partial charge on any atom is 0.228 e. The predicted octanol–water partition coefficient (Wildman–Crippen LogP) is 5.92. The smallest absolute Gasteiger partial charge is 0.228 e. The van der Waals surface area contributed by atoms with E-state index < -0.39 is 0 Å². The van der Waals surface area contributed by atoms with Crippen LogP contribution in [0, 0.1) is 5.82 Å². The monoisotopic (exact) mass is 415 g/mol. The summed E-state index contributed by atoms with van der Waals surface area (Å²) in [6.45, 7) is 0. The van der Waals surface area contributed by atoms with E-state index in [-0.39, 0.29) is 18.1 Å². The highest BCUT2D eigenvalue weighted by atomic mass is 79.9. The highest BCUT2D eigenvalue weighted by molar-refractivity contribution is 9.10. The number of amides is 1. The van der Waals surface area contributed by atoms with Gasteiger partial charge in [0, 0.05) is 14.3 Å². The Morgan fingerprint density at radius 2 is 1.72 bits per heavy atom. The summed E-state index contributed by atoms with van der Waals surface area (Å²) in [4.78, 5) is 14.4. The summed E-state index contributed by atoms with van der Waals surface area (Å²) in [6, 6.07) is 22.1. The molecule has 25 heavy (non-hydrogen) atoms. The van der Waals surface area contributed by atoms with Gasteiger partial charge >= 0.3 is 0 Å². The molecule has 0 atom stereocenters. The topological polar surface area (TPSA) is 29.1 Å². The molecule has 3 rings (SSSR count). The van der Waals surface area contributed by atoms with Crippen molar-refractivity contribution in [2.24, 2.45) is 0 Å². The highest BCUT2D eigenvalue weighted by Crippen LogP contribution is 2.33. The van der Waals surface area contributed by atoms with Gasteiger partial charge in [0.15, 0.2) is 0 Å². The summed E-state index contributed by atoms with van der Waals surface area (Å²) in [5, 5.41) is 2.88. The Balaban J connectivity index is 1.74. The number of carbonyl (C=O) groups is 1. The van der Waals surface area contributed by atoms with Crippen molar-refractivity contribution in [3.8, 4) is 0 Å². The Kier molecular flexibility index (Phi) is 5.89. The van der Waals surface area contributed by atoms with Crippen molar-refractivity contribution in [2.75, 3.05) is 5.32 Å².